The highest BCUT2D eigenvalue weighted by Gasteiger charge is 1.97. The van der Waals surface area contributed by atoms with Crippen LogP contribution in [0.15, 0.2) is 0 Å². The number of hydrogen-bond donors (Lipinski definition) is 0. The normalized spacial score (nSPS) is 13.7. The summed E-state index contributed by atoms with van der Waals surface area (Å²) in [6, 6.07) is 0. The Morgan fingerprint density at radius 1 is 2.00 bits per heavy atom. The molecule has 0 rings (SSSR count). The predicted octanol–water partition coefficient (Wildman–Crippen LogP) is 0.673. The third-order valence-electron chi connectivity index (χ3n) is 0.263. The molecule has 0 aromatic carbocycles. The Morgan fingerprint density at radius 2 is 2.50 bits per heavy atom. The van der Waals surface area contributed by atoms with Crippen molar-refractivity contribution in [1.82, 2.24) is 0 Å². The van der Waals surface area contributed by atoms with E-state index in [1.165, 1.54) is 6.29 Å². The Kier molecular flexibility index (Phi) is 3.04. The van der Waals surface area contributed by atoms with E-state index in [-0.39, 0.29) is 0 Å². The SMILES string of the molecule is O=[C]C(Cl)CF. The number of alkyl halides is 2. The van der Waals surface area contributed by atoms with Gasteiger partial charge in [-0.25, -0.2) is 4.39 Å². The molecule has 1 radical (unpaired) electrons. The Bertz CT molecular complexity index is 48.1. The maximum Gasteiger partial charge on any atom is 0.220 e. The second-order valence-corrected chi connectivity index (χ2v) is 1.27. The van der Waals surface area contributed by atoms with Crippen LogP contribution in [-0.2, 0) is 4.79 Å². The second kappa shape index (κ2) is 3.09. The second-order valence-electron chi connectivity index (χ2n) is 0.740. The van der Waals surface area contributed by atoms with Crippen molar-refractivity contribution >= 4 is 17.9 Å². The maximum absolute atomic E-state index is 11.0. The van der Waals surface area contributed by atoms with Crippen LogP contribution in [0.25, 0.3) is 0 Å². The van der Waals surface area contributed by atoms with E-state index in [1.54, 1.807) is 0 Å². The Balaban J connectivity index is 2.96. The van der Waals surface area contributed by atoms with Crippen LogP contribution >= 0.6 is 11.6 Å². The number of hydrogen-bond acceptors (Lipinski definition) is 1. The summed E-state index contributed by atoms with van der Waals surface area (Å²) in [4.78, 5) is 9.24. The van der Waals surface area contributed by atoms with Crippen molar-refractivity contribution in [3.8, 4) is 0 Å². The van der Waals surface area contributed by atoms with E-state index in [0.29, 0.717) is 0 Å². The summed E-state index contributed by atoms with van der Waals surface area (Å²) in [6.07, 6.45) is 1.26. The van der Waals surface area contributed by atoms with E-state index in [2.05, 4.69) is 0 Å². The fraction of sp³-hybridized carbons (Fsp3) is 0.667. The molecule has 0 aromatic rings. The first-order valence-electron chi connectivity index (χ1n) is 1.39. The molecule has 0 saturated carbocycles. The van der Waals surface area contributed by atoms with Crippen molar-refractivity contribution in [2.45, 2.75) is 5.38 Å². The largest absolute Gasteiger partial charge is 0.289 e. The van der Waals surface area contributed by atoms with Gasteiger partial charge in [0.15, 0.2) is 0 Å². The predicted molar refractivity (Wildman–Crippen MR) is 21.3 cm³/mol. The highest BCUT2D eigenvalue weighted by atomic mass is 35.5. The molecule has 0 heterocycles. The summed E-state index contributed by atoms with van der Waals surface area (Å²) >= 11 is 4.85. The van der Waals surface area contributed by atoms with Crippen molar-refractivity contribution in [3.63, 3.8) is 0 Å². The van der Waals surface area contributed by atoms with Gasteiger partial charge in [-0.1, -0.05) is 0 Å². The van der Waals surface area contributed by atoms with Crippen molar-refractivity contribution in [1.29, 1.82) is 0 Å². The van der Waals surface area contributed by atoms with E-state index in [9.17, 15) is 9.18 Å². The van der Waals surface area contributed by atoms with Crippen molar-refractivity contribution in [2.75, 3.05) is 6.67 Å². The standard InChI is InChI=1S/C3H3ClFO/c4-3(1-5)2-6/h3H,1H2. The van der Waals surface area contributed by atoms with Crippen LogP contribution in [0.2, 0.25) is 0 Å². The van der Waals surface area contributed by atoms with E-state index in [1.807, 2.05) is 0 Å². The van der Waals surface area contributed by atoms with Crippen LogP contribution < -0.4 is 0 Å². The van der Waals surface area contributed by atoms with Gasteiger partial charge in [0.05, 0.1) is 0 Å². The van der Waals surface area contributed by atoms with Gasteiger partial charge in [-0.2, -0.15) is 0 Å². The van der Waals surface area contributed by atoms with Gasteiger partial charge < -0.3 is 0 Å². The Labute approximate surface area is 40.1 Å². The Morgan fingerprint density at radius 3 is 2.50 bits per heavy atom. The van der Waals surface area contributed by atoms with Gasteiger partial charge >= 0.3 is 0 Å². The molecule has 0 aliphatic carbocycles. The quantitative estimate of drug-likeness (QED) is 0.477. The minimum Gasteiger partial charge on any atom is -0.289 e. The lowest BCUT2D eigenvalue weighted by Gasteiger charge is -1.82. The van der Waals surface area contributed by atoms with Crippen molar-refractivity contribution < 1.29 is 9.18 Å². The molecule has 1 unspecified atom stereocenters. The molecule has 0 fully saturated rings. The molecule has 0 spiro atoms. The zero-order chi connectivity index (χ0) is 4.99. The zero-order valence-electron chi connectivity index (χ0n) is 2.95. The van der Waals surface area contributed by atoms with Crippen LogP contribution in [0, 0.1) is 0 Å². The van der Waals surface area contributed by atoms with Crippen LogP contribution in [0.1, 0.15) is 0 Å². The molecule has 6 heavy (non-hydrogen) atoms. The molecular formula is C3H3ClFO. The van der Waals surface area contributed by atoms with Crippen LogP contribution in [-0.4, -0.2) is 18.3 Å². The van der Waals surface area contributed by atoms with E-state index in [0.717, 1.165) is 0 Å². The minimum atomic E-state index is -1.06. The van der Waals surface area contributed by atoms with Crippen molar-refractivity contribution in [3.05, 3.63) is 0 Å². The lowest BCUT2D eigenvalue weighted by molar-refractivity contribution is 0.491. The molecule has 3 heteroatoms. The van der Waals surface area contributed by atoms with E-state index in [4.69, 9.17) is 11.6 Å². The molecule has 0 aliphatic heterocycles. The van der Waals surface area contributed by atoms with E-state index < -0.39 is 12.1 Å². The van der Waals surface area contributed by atoms with Crippen molar-refractivity contribution in [2.24, 2.45) is 0 Å². The average Bonchev–Trinajstić information content (AvgIpc) is 1.65. The molecule has 0 saturated heterocycles. The van der Waals surface area contributed by atoms with Gasteiger partial charge in [0.2, 0.25) is 6.29 Å². The third-order valence-corrected chi connectivity index (χ3v) is 0.469. The Hall–Kier alpha value is -0.110. The third kappa shape index (κ3) is 2.15. The highest BCUT2D eigenvalue weighted by Crippen LogP contribution is 1.88. The number of rotatable bonds is 2. The van der Waals surface area contributed by atoms with Crippen LogP contribution in [0.5, 0.6) is 0 Å². The van der Waals surface area contributed by atoms with Gasteiger partial charge in [0.1, 0.15) is 12.1 Å². The summed E-state index contributed by atoms with van der Waals surface area (Å²) in [7, 11) is 0. The fourth-order valence-electron chi connectivity index (χ4n) is 0.0315. The van der Waals surface area contributed by atoms with Gasteiger partial charge in [0.25, 0.3) is 0 Å². The van der Waals surface area contributed by atoms with E-state index >= 15 is 0 Å². The zero-order valence-corrected chi connectivity index (χ0v) is 3.70. The molecule has 1 atom stereocenters. The lowest BCUT2D eigenvalue weighted by atomic mass is 10.5. The lowest BCUT2D eigenvalue weighted by Crippen LogP contribution is -1.99. The number of carbonyl (C=O) groups excluding carboxylic acids is 1. The molecule has 0 N–H and O–H groups in total. The van der Waals surface area contributed by atoms with Gasteiger partial charge in [0, 0.05) is 0 Å². The minimum absolute atomic E-state index is 0.828. The molecule has 0 aromatic heterocycles. The first kappa shape index (κ1) is 5.89. The van der Waals surface area contributed by atoms with Gasteiger partial charge in [-0.3, -0.25) is 4.79 Å². The monoisotopic (exact) mass is 109 g/mol. The summed E-state index contributed by atoms with van der Waals surface area (Å²) in [6.45, 7) is -0.828. The summed E-state index contributed by atoms with van der Waals surface area (Å²) in [5, 5.41) is -1.06. The molecular weight excluding hydrogens is 106 g/mol. The smallest absolute Gasteiger partial charge is 0.220 e. The molecule has 0 bridgehead atoms. The highest BCUT2D eigenvalue weighted by molar-refractivity contribution is 6.27. The molecule has 1 nitrogen and oxygen atoms in total. The van der Waals surface area contributed by atoms with Crippen LogP contribution in [0.3, 0.4) is 0 Å². The van der Waals surface area contributed by atoms with Gasteiger partial charge in [-0.05, 0) is 0 Å². The summed E-state index contributed by atoms with van der Waals surface area (Å²) in [5.74, 6) is 0. The van der Waals surface area contributed by atoms with Gasteiger partial charge in [-0.15, -0.1) is 11.6 Å². The first-order valence-corrected chi connectivity index (χ1v) is 1.82. The average molecular weight is 110 g/mol. The van der Waals surface area contributed by atoms with Crippen LogP contribution in [0.4, 0.5) is 4.39 Å². The molecule has 0 amide bonds. The summed E-state index contributed by atoms with van der Waals surface area (Å²) < 4.78 is 11.0. The summed E-state index contributed by atoms with van der Waals surface area (Å²) in [5.41, 5.74) is 0. The first-order chi connectivity index (χ1) is 2.81. The number of halogens is 2. The molecule has 35 valence electrons. The maximum atomic E-state index is 11.0. The molecule has 0 aliphatic rings. The fourth-order valence-corrected chi connectivity index (χ4v) is 0.0315. The topological polar surface area (TPSA) is 17.1 Å².